The van der Waals surface area contributed by atoms with Gasteiger partial charge in [-0.15, -0.1) is 0 Å². The number of halogens is 1. The SMILES string of the molecule is Cc1oc([C@@H](Cc2cn(C)c3ccccc23)NC(=O)C(CC(C)C)NC(=O)Nc2ccccc2F)nc1C(=O)O. The molecule has 2 heterocycles. The number of carboxylic acid groups (broad SMARTS) is 1. The maximum atomic E-state index is 14.0. The summed E-state index contributed by atoms with van der Waals surface area (Å²) in [5.74, 6) is -2.19. The maximum absolute atomic E-state index is 14.0. The van der Waals surface area contributed by atoms with Crippen LogP contribution in [0.3, 0.4) is 0 Å². The summed E-state index contributed by atoms with van der Waals surface area (Å²) in [6, 6.07) is 10.9. The highest BCUT2D eigenvalue weighted by Gasteiger charge is 2.30. The molecule has 3 amide bonds. The number of oxazole rings is 1. The average Bonchev–Trinajstić information content (AvgIpc) is 3.44. The number of carbonyl (C=O) groups is 3. The predicted octanol–water partition coefficient (Wildman–Crippen LogP) is 4.95. The second-order valence-electron chi connectivity index (χ2n) is 10.1. The van der Waals surface area contributed by atoms with E-state index in [1.54, 1.807) is 6.07 Å². The van der Waals surface area contributed by atoms with Gasteiger partial charge in [-0.1, -0.05) is 44.2 Å². The lowest BCUT2D eigenvalue weighted by atomic mass is 10.0. The third-order valence-electron chi connectivity index (χ3n) is 6.48. The fourth-order valence-electron chi connectivity index (χ4n) is 4.63. The molecule has 0 fully saturated rings. The van der Waals surface area contributed by atoms with Crippen LogP contribution in [0.1, 0.15) is 54.0 Å². The van der Waals surface area contributed by atoms with Gasteiger partial charge in [-0.2, -0.15) is 0 Å². The summed E-state index contributed by atoms with van der Waals surface area (Å²) in [5.41, 5.74) is 1.62. The predicted molar refractivity (Wildman–Crippen MR) is 148 cm³/mol. The summed E-state index contributed by atoms with van der Waals surface area (Å²) in [7, 11) is 1.91. The highest BCUT2D eigenvalue weighted by atomic mass is 19.1. The number of rotatable bonds is 10. The number of nitrogens with one attached hydrogen (secondary N) is 3. The van der Waals surface area contributed by atoms with Crippen molar-refractivity contribution in [3.8, 4) is 0 Å². The van der Waals surface area contributed by atoms with Crippen LogP contribution in [0.2, 0.25) is 0 Å². The standard InChI is InChI=1S/C29H32FN5O5/c1-16(2)13-22(33-29(39)32-21-11-7-6-10-20(21)30)26(36)31-23(27-34-25(28(37)38)17(3)40-27)14-18-15-35(4)24-12-8-5-9-19(18)24/h5-12,15-16,22-23H,13-14H2,1-4H3,(H,31,36)(H,37,38)(H2,32,33,39)/t22?,23-/m1/s1. The summed E-state index contributed by atoms with van der Waals surface area (Å²) in [6.07, 6.45) is 2.48. The smallest absolute Gasteiger partial charge is 0.358 e. The van der Waals surface area contributed by atoms with E-state index < -0.39 is 35.8 Å². The molecular formula is C29H32FN5O5. The fourth-order valence-corrected chi connectivity index (χ4v) is 4.63. The number of hydrogen-bond donors (Lipinski definition) is 4. The number of carboxylic acids is 1. The van der Waals surface area contributed by atoms with Crippen LogP contribution in [0, 0.1) is 18.7 Å². The van der Waals surface area contributed by atoms with E-state index in [9.17, 15) is 23.9 Å². The Morgan fingerprint density at radius 1 is 1.07 bits per heavy atom. The number of carbonyl (C=O) groups excluding carboxylic acids is 2. The van der Waals surface area contributed by atoms with Gasteiger partial charge in [0.15, 0.2) is 5.69 Å². The van der Waals surface area contributed by atoms with Crippen LogP contribution in [-0.4, -0.2) is 38.6 Å². The van der Waals surface area contributed by atoms with Crippen molar-refractivity contribution < 1.29 is 28.3 Å². The molecule has 2 aromatic heterocycles. The molecule has 0 radical (unpaired) electrons. The molecule has 0 aliphatic rings. The molecule has 210 valence electrons. The van der Waals surface area contributed by atoms with E-state index in [0.717, 1.165) is 16.5 Å². The molecule has 0 saturated heterocycles. The Balaban J connectivity index is 1.61. The monoisotopic (exact) mass is 549 g/mol. The zero-order chi connectivity index (χ0) is 29.0. The number of anilines is 1. The summed E-state index contributed by atoms with van der Waals surface area (Å²) in [5, 5.41) is 18.5. The first-order chi connectivity index (χ1) is 19.0. The van der Waals surface area contributed by atoms with E-state index in [0.29, 0.717) is 6.42 Å². The lowest BCUT2D eigenvalue weighted by Gasteiger charge is -2.23. The van der Waals surface area contributed by atoms with Gasteiger partial charge in [0.1, 0.15) is 23.7 Å². The van der Waals surface area contributed by atoms with Crippen LogP contribution in [0.25, 0.3) is 10.9 Å². The molecule has 0 aliphatic carbocycles. The van der Waals surface area contributed by atoms with Crippen molar-refractivity contribution in [2.45, 2.75) is 45.7 Å². The molecule has 4 aromatic rings. The van der Waals surface area contributed by atoms with Crippen molar-refractivity contribution in [2.75, 3.05) is 5.32 Å². The molecule has 2 atom stereocenters. The summed E-state index contributed by atoms with van der Waals surface area (Å²) in [6.45, 7) is 5.30. The summed E-state index contributed by atoms with van der Waals surface area (Å²) in [4.78, 5) is 42.1. The van der Waals surface area contributed by atoms with Crippen LogP contribution in [0.15, 0.2) is 59.1 Å². The zero-order valence-electron chi connectivity index (χ0n) is 22.7. The number of benzene rings is 2. The van der Waals surface area contributed by atoms with E-state index in [4.69, 9.17) is 4.42 Å². The molecule has 0 spiro atoms. The van der Waals surface area contributed by atoms with E-state index in [1.165, 1.54) is 25.1 Å². The van der Waals surface area contributed by atoms with Gasteiger partial charge in [0, 0.05) is 30.6 Å². The summed E-state index contributed by atoms with van der Waals surface area (Å²) < 4.78 is 21.7. The molecule has 0 saturated carbocycles. The van der Waals surface area contributed by atoms with Gasteiger partial charge in [-0.3, -0.25) is 4.79 Å². The van der Waals surface area contributed by atoms with Crippen LogP contribution >= 0.6 is 0 Å². The molecule has 10 nitrogen and oxygen atoms in total. The van der Waals surface area contributed by atoms with Crippen molar-refractivity contribution in [3.05, 3.63) is 83.5 Å². The molecule has 4 rings (SSSR count). The van der Waals surface area contributed by atoms with Crippen molar-refractivity contribution in [1.29, 1.82) is 0 Å². The van der Waals surface area contributed by atoms with Crippen LogP contribution in [-0.2, 0) is 18.3 Å². The van der Waals surface area contributed by atoms with Crippen LogP contribution in [0.4, 0.5) is 14.9 Å². The lowest BCUT2D eigenvalue weighted by molar-refractivity contribution is -0.124. The molecular weight excluding hydrogens is 517 g/mol. The van der Waals surface area contributed by atoms with Gasteiger partial charge in [0.25, 0.3) is 0 Å². The number of urea groups is 1. The quantitative estimate of drug-likeness (QED) is 0.221. The van der Waals surface area contributed by atoms with Crippen molar-refractivity contribution in [2.24, 2.45) is 13.0 Å². The molecule has 2 aromatic carbocycles. The van der Waals surface area contributed by atoms with Gasteiger partial charge in [0.05, 0.1) is 5.69 Å². The Bertz CT molecular complexity index is 1540. The minimum Gasteiger partial charge on any atom is -0.476 e. The van der Waals surface area contributed by atoms with Crippen molar-refractivity contribution in [1.82, 2.24) is 20.2 Å². The molecule has 0 aliphatic heterocycles. The first-order valence-electron chi connectivity index (χ1n) is 12.9. The second kappa shape index (κ2) is 12.0. The van der Waals surface area contributed by atoms with Gasteiger partial charge in [-0.25, -0.2) is 19.0 Å². The number of para-hydroxylation sites is 2. The Kier molecular flexibility index (Phi) is 8.52. The van der Waals surface area contributed by atoms with E-state index in [2.05, 4.69) is 20.9 Å². The number of nitrogens with zero attached hydrogens (tertiary/aromatic N) is 2. The fraction of sp³-hybridized carbons (Fsp3) is 0.310. The number of amides is 3. The molecule has 0 bridgehead atoms. The van der Waals surface area contributed by atoms with Crippen LogP contribution in [0.5, 0.6) is 0 Å². The van der Waals surface area contributed by atoms with Crippen LogP contribution < -0.4 is 16.0 Å². The number of fused-ring (bicyclic) bond motifs is 1. The highest BCUT2D eigenvalue weighted by molar-refractivity contribution is 5.94. The minimum atomic E-state index is -1.24. The number of aryl methyl sites for hydroxylation is 2. The van der Waals surface area contributed by atoms with Gasteiger partial charge in [-0.05, 0) is 43.0 Å². The van der Waals surface area contributed by atoms with Gasteiger partial charge < -0.3 is 30.0 Å². The van der Waals surface area contributed by atoms with Crippen molar-refractivity contribution in [3.63, 3.8) is 0 Å². The highest BCUT2D eigenvalue weighted by Crippen LogP contribution is 2.27. The molecule has 4 N–H and O–H groups in total. The zero-order valence-corrected chi connectivity index (χ0v) is 22.7. The number of aromatic nitrogens is 2. The first kappa shape index (κ1) is 28.3. The normalized spacial score (nSPS) is 12.8. The van der Waals surface area contributed by atoms with Gasteiger partial charge in [0.2, 0.25) is 11.8 Å². The number of aromatic carboxylic acids is 1. The average molecular weight is 550 g/mol. The second-order valence-corrected chi connectivity index (χ2v) is 10.1. The Morgan fingerprint density at radius 2 is 1.77 bits per heavy atom. The lowest BCUT2D eigenvalue weighted by Crippen LogP contribution is -2.49. The van der Waals surface area contributed by atoms with E-state index in [1.807, 2.05) is 55.9 Å². The van der Waals surface area contributed by atoms with E-state index in [-0.39, 0.29) is 35.4 Å². The third-order valence-corrected chi connectivity index (χ3v) is 6.48. The van der Waals surface area contributed by atoms with Gasteiger partial charge >= 0.3 is 12.0 Å². The minimum absolute atomic E-state index is 0.0194. The topological polar surface area (TPSA) is 138 Å². The molecule has 40 heavy (non-hydrogen) atoms. The maximum Gasteiger partial charge on any atom is 0.358 e. The van der Waals surface area contributed by atoms with Crippen molar-refractivity contribution >= 4 is 34.5 Å². The Hall–Kier alpha value is -4.67. The summed E-state index contributed by atoms with van der Waals surface area (Å²) >= 11 is 0. The third kappa shape index (κ3) is 6.48. The Morgan fingerprint density at radius 3 is 2.45 bits per heavy atom. The molecule has 1 unspecified atom stereocenters. The van der Waals surface area contributed by atoms with E-state index >= 15 is 0 Å². The largest absolute Gasteiger partial charge is 0.476 e. The first-order valence-corrected chi connectivity index (χ1v) is 12.9. The number of hydrogen-bond acceptors (Lipinski definition) is 5. The molecule has 11 heteroatoms. The Labute approximate surface area is 230 Å².